The van der Waals surface area contributed by atoms with Crippen LogP contribution >= 0.6 is 0 Å². The Morgan fingerprint density at radius 3 is 2.81 bits per heavy atom. The van der Waals surface area contributed by atoms with Crippen molar-refractivity contribution in [1.82, 2.24) is 10.2 Å². The number of hydrogen-bond donors (Lipinski definition) is 1. The monoisotopic (exact) mass is 228 g/mol. The van der Waals surface area contributed by atoms with Crippen molar-refractivity contribution >= 4 is 0 Å². The molecule has 0 aromatic rings. The van der Waals surface area contributed by atoms with Crippen LogP contribution in [0, 0.1) is 5.92 Å². The molecular weight excluding hydrogens is 200 g/mol. The summed E-state index contributed by atoms with van der Waals surface area (Å²) in [5.74, 6) is 0.723. The van der Waals surface area contributed by atoms with E-state index in [9.17, 15) is 0 Å². The Hall–Kier alpha value is -0.120. The molecule has 2 unspecified atom stereocenters. The van der Waals surface area contributed by atoms with E-state index in [1.165, 1.54) is 19.4 Å². The molecule has 1 rings (SSSR count). The zero-order chi connectivity index (χ0) is 11.8. The van der Waals surface area contributed by atoms with Gasteiger partial charge in [-0.25, -0.2) is 0 Å². The van der Waals surface area contributed by atoms with Gasteiger partial charge in [0.1, 0.15) is 0 Å². The summed E-state index contributed by atoms with van der Waals surface area (Å²) in [4.78, 5) is 2.53. The summed E-state index contributed by atoms with van der Waals surface area (Å²) in [5, 5.41) is 3.41. The van der Waals surface area contributed by atoms with Crippen LogP contribution in [0.4, 0.5) is 0 Å². The first-order valence-corrected chi connectivity index (χ1v) is 6.80. The van der Waals surface area contributed by atoms with Crippen LogP contribution < -0.4 is 5.32 Å². The van der Waals surface area contributed by atoms with Gasteiger partial charge in [0.05, 0.1) is 6.10 Å². The molecule has 0 bridgehead atoms. The average molecular weight is 228 g/mol. The first-order valence-electron chi connectivity index (χ1n) is 6.80. The zero-order valence-electron chi connectivity index (χ0n) is 11.2. The number of hydrogen-bond acceptors (Lipinski definition) is 3. The summed E-state index contributed by atoms with van der Waals surface area (Å²) >= 11 is 0. The highest BCUT2D eigenvalue weighted by Crippen LogP contribution is 2.13. The molecule has 1 N–H and O–H groups in total. The fourth-order valence-electron chi connectivity index (χ4n) is 2.31. The maximum absolute atomic E-state index is 5.69. The normalized spacial score (nSPS) is 22.9. The predicted octanol–water partition coefficient (Wildman–Crippen LogP) is 1.73. The molecular formula is C13H28N2O. The van der Waals surface area contributed by atoms with Crippen molar-refractivity contribution in [3.63, 3.8) is 0 Å². The van der Waals surface area contributed by atoms with Crippen molar-refractivity contribution in [3.8, 4) is 0 Å². The predicted molar refractivity (Wildman–Crippen MR) is 68.8 cm³/mol. The third-order valence-electron chi connectivity index (χ3n) is 3.25. The van der Waals surface area contributed by atoms with E-state index in [0.717, 1.165) is 38.7 Å². The number of nitrogens with one attached hydrogen (secondary N) is 1. The van der Waals surface area contributed by atoms with Gasteiger partial charge in [-0.1, -0.05) is 20.8 Å². The Bertz CT molecular complexity index is 169. The van der Waals surface area contributed by atoms with Gasteiger partial charge in [-0.05, 0) is 38.4 Å². The van der Waals surface area contributed by atoms with Crippen molar-refractivity contribution in [3.05, 3.63) is 0 Å². The van der Waals surface area contributed by atoms with Gasteiger partial charge in [-0.2, -0.15) is 0 Å². The van der Waals surface area contributed by atoms with E-state index >= 15 is 0 Å². The third-order valence-corrected chi connectivity index (χ3v) is 3.25. The zero-order valence-corrected chi connectivity index (χ0v) is 11.2. The summed E-state index contributed by atoms with van der Waals surface area (Å²) in [6, 6.07) is 0. The van der Waals surface area contributed by atoms with Crippen LogP contribution in [0.5, 0.6) is 0 Å². The molecule has 1 heterocycles. The molecule has 2 atom stereocenters. The minimum Gasteiger partial charge on any atom is -0.377 e. The minimum atomic E-state index is 0.492. The van der Waals surface area contributed by atoms with E-state index < -0.39 is 0 Å². The first-order chi connectivity index (χ1) is 7.76. The summed E-state index contributed by atoms with van der Waals surface area (Å²) in [6.07, 6.45) is 2.99. The molecule has 3 heteroatoms. The van der Waals surface area contributed by atoms with Crippen molar-refractivity contribution in [2.24, 2.45) is 5.92 Å². The number of likely N-dealkylation sites (N-methyl/N-ethyl adjacent to an activating group) is 1. The summed E-state index contributed by atoms with van der Waals surface area (Å²) in [7, 11) is 0. The van der Waals surface area contributed by atoms with Crippen molar-refractivity contribution in [1.29, 1.82) is 0 Å². The molecule has 0 aliphatic carbocycles. The van der Waals surface area contributed by atoms with E-state index in [1.807, 2.05) is 0 Å². The van der Waals surface area contributed by atoms with Gasteiger partial charge < -0.3 is 15.0 Å². The Balaban J connectivity index is 2.19. The molecule has 1 aliphatic rings. The summed E-state index contributed by atoms with van der Waals surface area (Å²) in [5.41, 5.74) is 0. The average Bonchev–Trinajstić information content (AvgIpc) is 2.78. The fraction of sp³-hybridized carbons (Fsp3) is 1.00. The van der Waals surface area contributed by atoms with Gasteiger partial charge in [0.2, 0.25) is 0 Å². The lowest BCUT2D eigenvalue weighted by Gasteiger charge is -2.26. The molecule has 3 nitrogen and oxygen atoms in total. The first kappa shape index (κ1) is 13.9. The lowest BCUT2D eigenvalue weighted by molar-refractivity contribution is 0.0703. The summed E-state index contributed by atoms with van der Waals surface area (Å²) in [6.45, 7) is 13.3. The van der Waals surface area contributed by atoms with Crippen LogP contribution in [0.3, 0.4) is 0 Å². The largest absolute Gasteiger partial charge is 0.377 e. The second kappa shape index (κ2) is 8.04. The molecule has 16 heavy (non-hydrogen) atoms. The van der Waals surface area contributed by atoms with Crippen LogP contribution in [0.15, 0.2) is 0 Å². The van der Waals surface area contributed by atoms with Crippen molar-refractivity contribution in [2.45, 2.75) is 39.7 Å². The summed E-state index contributed by atoms with van der Waals surface area (Å²) < 4.78 is 5.69. The van der Waals surface area contributed by atoms with Gasteiger partial charge in [0.15, 0.2) is 0 Å². The topological polar surface area (TPSA) is 24.5 Å². The van der Waals surface area contributed by atoms with Gasteiger partial charge in [0, 0.05) is 19.7 Å². The molecule has 0 spiro atoms. The smallest absolute Gasteiger partial charge is 0.0702 e. The van der Waals surface area contributed by atoms with Crippen LogP contribution in [0.2, 0.25) is 0 Å². The maximum Gasteiger partial charge on any atom is 0.0702 e. The second-order valence-electron chi connectivity index (χ2n) is 4.90. The van der Waals surface area contributed by atoms with E-state index in [0.29, 0.717) is 6.10 Å². The third kappa shape index (κ3) is 5.28. The Labute approximate surface area is 101 Å². The molecule has 0 radical (unpaired) electrons. The van der Waals surface area contributed by atoms with Crippen LogP contribution in [-0.4, -0.2) is 50.3 Å². The lowest BCUT2D eigenvalue weighted by Crippen LogP contribution is -2.37. The van der Waals surface area contributed by atoms with Gasteiger partial charge in [-0.3, -0.25) is 0 Å². The van der Waals surface area contributed by atoms with Crippen LogP contribution in [0.25, 0.3) is 0 Å². The molecule has 96 valence electrons. The van der Waals surface area contributed by atoms with Crippen molar-refractivity contribution < 1.29 is 4.74 Å². The Morgan fingerprint density at radius 1 is 1.44 bits per heavy atom. The highest BCUT2D eigenvalue weighted by molar-refractivity contribution is 4.72. The molecule has 1 fully saturated rings. The highest BCUT2D eigenvalue weighted by Gasteiger charge is 2.19. The Kier molecular flexibility index (Phi) is 7.01. The molecule has 1 saturated heterocycles. The SMILES string of the molecule is CCNCC(C)CN(CC)CC1CCCO1. The maximum atomic E-state index is 5.69. The van der Waals surface area contributed by atoms with E-state index in [2.05, 4.69) is 31.0 Å². The quantitative estimate of drug-likeness (QED) is 0.685. The molecule has 0 saturated carbocycles. The fourth-order valence-corrected chi connectivity index (χ4v) is 2.31. The lowest BCUT2D eigenvalue weighted by atomic mass is 10.1. The minimum absolute atomic E-state index is 0.492. The van der Waals surface area contributed by atoms with E-state index in [1.54, 1.807) is 0 Å². The van der Waals surface area contributed by atoms with Crippen molar-refractivity contribution in [2.75, 3.05) is 39.3 Å². The van der Waals surface area contributed by atoms with Crippen LogP contribution in [0.1, 0.15) is 33.6 Å². The highest BCUT2D eigenvalue weighted by atomic mass is 16.5. The van der Waals surface area contributed by atoms with E-state index in [-0.39, 0.29) is 0 Å². The number of ether oxygens (including phenoxy) is 1. The molecule has 0 amide bonds. The molecule has 0 aromatic carbocycles. The number of nitrogens with zero attached hydrogens (tertiary/aromatic N) is 1. The Morgan fingerprint density at radius 2 is 2.25 bits per heavy atom. The van der Waals surface area contributed by atoms with Gasteiger partial charge in [-0.15, -0.1) is 0 Å². The van der Waals surface area contributed by atoms with Gasteiger partial charge >= 0.3 is 0 Å². The number of rotatable bonds is 8. The molecule has 0 aromatic heterocycles. The van der Waals surface area contributed by atoms with Crippen LogP contribution in [-0.2, 0) is 4.74 Å². The molecule has 1 aliphatic heterocycles. The standard InChI is InChI=1S/C13H28N2O/c1-4-14-9-12(3)10-15(5-2)11-13-7-6-8-16-13/h12-14H,4-11H2,1-3H3. The second-order valence-corrected chi connectivity index (χ2v) is 4.90. The van der Waals surface area contributed by atoms with E-state index in [4.69, 9.17) is 4.74 Å². The van der Waals surface area contributed by atoms with Gasteiger partial charge in [0.25, 0.3) is 0 Å².